The Morgan fingerprint density at radius 2 is 2.00 bits per heavy atom. The summed E-state index contributed by atoms with van der Waals surface area (Å²) >= 11 is 0. The van der Waals surface area contributed by atoms with Crippen molar-refractivity contribution < 1.29 is 4.74 Å². The monoisotopic (exact) mass is 281 g/mol. The van der Waals surface area contributed by atoms with Crippen molar-refractivity contribution in [2.24, 2.45) is 5.41 Å². The number of hydrogen-bond donors (Lipinski definition) is 1. The minimum atomic E-state index is -0.323. The van der Waals surface area contributed by atoms with E-state index in [1.54, 1.807) is 0 Å². The van der Waals surface area contributed by atoms with E-state index in [4.69, 9.17) is 4.74 Å². The summed E-state index contributed by atoms with van der Waals surface area (Å²) in [6, 6.07) is 0. The summed E-state index contributed by atoms with van der Waals surface area (Å²) in [6.45, 7) is 15.3. The lowest BCUT2D eigenvalue weighted by Crippen LogP contribution is -2.52. The van der Waals surface area contributed by atoms with Gasteiger partial charge in [0.15, 0.2) is 5.82 Å². The lowest BCUT2D eigenvalue weighted by atomic mass is 9.81. The summed E-state index contributed by atoms with van der Waals surface area (Å²) in [5.74, 6) is 0.853. The van der Waals surface area contributed by atoms with Crippen LogP contribution < -0.4 is 5.32 Å². The molecule has 2 heterocycles. The van der Waals surface area contributed by atoms with Crippen molar-refractivity contribution >= 4 is 0 Å². The number of aromatic nitrogens is 4. The maximum Gasteiger partial charge on any atom is 0.174 e. The Morgan fingerprint density at radius 3 is 2.55 bits per heavy atom. The molecule has 1 saturated heterocycles. The van der Waals surface area contributed by atoms with Crippen molar-refractivity contribution in [3.63, 3.8) is 0 Å². The highest BCUT2D eigenvalue weighted by atomic mass is 16.5. The third-order valence-corrected chi connectivity index (χ3v) is 3.65. The highest BCUT2D eigenvalue weighted by Gasteiger charge is 2.39. The van der Waals surface area contributed by atoms with Gasteiger partial charge in [-0.05, 0) is 43.0 Å². The average molecular weight is 281 g/mol. The molecule has 0 radical (unpaired) electrons. The van der Waals surface area contributed by atoms with E-state index in [1.165, 1.54) is 0 Å². The second-order valence-electron chi connectivity index (χ2n) is 7.78. The Kier molecular flexibility index (Phi) is 3.90. The minimum absolute atomic E-state index is 0.140. The number of tetrazole rings is 1. The molecule has 0 aromatic carbocycles. The Labute approximate surface area is 121 Å². The summed E-state index contributed by atoms with van der Waals surface area (Å²) in [7, 11) is 0. The highest BCUT2D eigenvalue weighted by molar-refractivity contribution is 5.06. The molecule has 1 unspecified atom stereocenters. The molecule has 6 nitrogen and oxygen atoms in total. The van der Waals surface area contributed by atoms with Gasteiger partial charge in [0, 0.05) is 6.54 Å². The second-order valence-corrected chi connectivity index (χ2v) is 7.78. The molecule has 114 valence electrons. The van der Waals surface area contributed by atoms with Gasteiger partial charge in [0.25, 0.3) is 0 Å². The summed E-state index contributed by atoms with van der Waals surface area (Å²) in [6.07, 6.45) is 0.995. The molecule has 0 aliphatic carbocycles. The smallest absolute Gasteiger partial charge is 0.174 e. The molecular formula is C14H27N5O. The van der Waals surface area contributed by atoms with Crippen molar-refractivity contribution in [1.82, 2.24) is 25.5 Å². The van der Waals surface area contributed by atoms with Crippen LogP contribution in [0.25, 0.3) is 0 Å². The average Bonchev–Trinajstić information content (AvgIpc) is 2.76. The first-order valence-corrected chi connectivity index (χ1v) is 7.26. The lowest BCUT2D eigenvalue weighted by Gasteiger charge is -2.38. The number of morpholine rings is 1. The first kappa shape index (κ1) is 15.4. The van der Waals surface area contributed by atoms with Crippen molar-refractivity contribution in [2.45, 2.75) is 59.0 Å². The number of nitrogens with zero attached hydrogens (tertiary/aromatic N) is 4. The molecule has 1 fully saturated rings. The van der Waals surface area contributed by atoms with Gasteiger partial charge in [0.1, 0.15) is 5.54 Å². The molecule has 1 N–H and O–H groups in total. The predicted molar refractivity (Wildman–Crippen MR) is 77.4 cm³/mol. The van der Waals surface area contributed by atoms with Crippen LogP contribution in [0.2, 0.25) is 0 Å². The van der Waals surface area contributed by atoms with Crippen LogP contribution in [0.1, 0.15) is 53.8 Å². The van der Waals surface area contributed by atoms with Crippen LogP contribution in [0.4, 0.5) is 0 Å². The van der Waals surface area contributed by atoms with E-state index in [0.29, 0.717) is 6.61 Å². The van der Waals surface area contributed by atoms with E-state index in [1.807, 2.05) is 4.68 Å². The van der Waals surface area contributed by atoms with Gasteiger partial charge in [-0.1, -0.05) is 20.8 Å². The Bertz CT molecular complexity index is 454. The molecule has 20 heavy (non-hydrogen) atoms. The maximum atomic E-state index is 5.61. The minimum Gasteiger partial charge on any atom is -0.378 e. The molecule has 0 amide bonds. The first-order chi connectivity index (χ1) is 9.14. The molecule has 0 bridgehead atoms. The summed E-state index contributed by atoms with van der Waals surface area (Å²) in [5.41, 5.74) is -0.250. The van der Waals surface area contributed by atoms with Gasteiger partial charge in [0.05, 0.1) is 18.8 Å². The number of nitrogens with one attached hydrogen (secondary N) is 1. The molecule has 6 heteroatoms. The zero-order chi connectivity index (χ0) is 15.0. The van der Waals surface area contributed by atoms with Crippen LogP contribution in [0.5, 0.6) is 0 Å². The van der Waals surface area contributed by atoms with Crippen LogP contribution in [0.15, 0.2) is 0 Å². The van der Waals surface area contributed by atoms with E-state index in [-0.39, 0.29) is 16.5 Å². The molecule has 1 aromatic rings. The zero-order valence-corrected chi connectivity index (χ0v) is 13.5. The van der Waals surface area contributed by atoms with Gasteiger partial charge in [-0.15, -0.1) is 5.10 Å². The van der Waals surface area contributed by atoms with E-state index in [9.17, 15) is 0 Å². The summed E-state index contributed by atoms with van der Waals surface area (Å²) in [5, 5.41) is 15.9. The molecule has 1 atom stereocenters. The Balaban J connectivity index is 2.32. The fourth-order valence-corrected chi connectivity index (χ4v) is 3.18. The van der Waals surface area contributed by atoms with Crippen LogP contribution in [0, 0.1) is 5.41 Å². The first-order valence-electron chi connectivity index (χ1n) is 7.26. The Morgan fingerprint density at radius 1 is 1.30 bits per heavy atom. The van der Waals surface area contributed by atoms with E-state index >= 15 is 0 Å². The molecule has 2 rings (SSSR count). The van der Waals surface area contributed by atoms with Crippen LogP contribution in [-0.2, 0) is 15.8 Å². The van der Waals surface area contributed by atoms with Crippen molar-refractivity contribution in [3.8, 4) is 0 Å². The molecule has 1 aliphatic rings. The SMILES string of the molecule is CC(C)(C)CC(C)(C)n1nnnc1C1(C)COCCN1. The molecular weight excluding hydrogens is 254 g/mol. The molecule has 1 aromatic heterocycles. The standard InChI is InChI=1S/C14H27N5O/c1-12(2,3)9-13(4,5)19-11(16-17-18-19)14(6)10-20-8-7-15-14/h15H,7-10H2,1-6H3. The topological polar surface area (TPSA) is 64.9 Å². The second kappa shape index (κ2) is 5.07. The third-order valence-electron chi connectivity index (χ3n) is 3.65. The maximum absolute atomic E-state index is 5.61. The van der Waals surface area contributed by atoms with Crippen molar-refractivity contribution in [1.29, 1.82) is 0 Å². The fourth-order valence-electron chi connectivity index (χ4n) is 3.18. The van der Waals surface area contributed by atoms with Gasteiger partial charge in [-0.2, -0.15) is 0 Å². The molecule has 0 saturated carbocycles. The largest absolute Gasteiger partial charge is 0.378 e. The third kappa shape index (κ3) is 3.17. The number of hydrogen-bond acceptors (Lipinski definition) is 5. The van der Waals surface area contributed by atoms with Gasteiger partial charge in [-0.3, -0.25) is 0 Å². The van der Waals surface area contributed by atoms with Crippen molar-refractivity contribution in [3.05, 3.63) is 5.82 Å². The quantitative estimate of drug-likeness (QED) is 0.913. The summed E-state index contributed by atoms with van der Waals surface area (Å²) < 4.78 is 7.56. The number of rotatable bonds is 3. The van der Waals surface area contributed by atoms with E-state index in [2.05, 4.69) is 62.4 Å². The van der Waals surface area contributed by atoms with E-state index in [0.717, 1.165) is 25.4 Å². The van der Waals surface area contributed by atoms with E-state index < -0.39 is 0 Å². The van der Waals surface area contributed by atoms with Gasteiger partial charge in [-0.25, -0.2) is 4.68 Å². The lowest BCUT2D eigenvalue weighted by molar-refractivity contribution is 0.0242. The van der Waals surface area contributed by atoms with Crippen LogP contribution in [-0.4, -0.2) is 40.0 Å². The fraction of sp³-hybridized carbons (Fsp3) is 0.929. The normalized spacial score (nSPS) is 24.9. The van der Waals surface area contributed by atoms with Crippen molar-refractivity contribution in [2.75, 3.05) is 19.8 Å². The molecule has 0 spiro atoms. The predicted octanol–water partition coefficient (Wildman–Crippen LogP) is 1.68. The van der Waals surface area contributed by atoms with Gasteiger partial charge in [0.2, 0.25) is 0 Å². The van der Waals surface area contributed by atoms with Crippen LogP contribution in [0.3, 0.4) is 0 Å². The van der Waals surface area contributed by atoms with Crippen LogP contribution >= 0.6 is 0 Å². The van der Waals surface area contributed by atoms with Gasteiger partial charge < -0.3 is 10.1 Å². The summed E-state index contributed by atoms with van der Waals surface area (Å²) in [4.78, 5) is 0. The highest BCUT2D eigenvalue weighted by Crippen LogP contribution is 2.34. The Hall–Kier alpha value is -1.01. The number of ether oxygens (including phenoxy) is 1. The zero-order valence-electron chi connectivity index (χ0n) is 13.5. The molecule has 1 aliphatic heterocycles. The van der Waals surface area contributed by atoms with Gasteiger partial charge >= 0.3 is 0 Å².